The predicted molar refractivity (Wildman–Crippen MR) is 112 cm³/mol. The summed E-state index contributed by atoms with van der Waals surface area (Å²) in [6.07, 6.45) is -0.285. The second-order valence-corrected chi connectivity index (χ2v) is 7.39. The maximum absolute atomic E-state index is 12.3. The number of thioether (sulfide) groups is 1. The lowest BCUT2D eigenvalue weighted by molar-refractivity contribution is -0.113. The Labute approximate surface area is 173 Å². The number of ether oxygens (including phenoxy) is 1. The van der Waals surface area contributed by atoms with Gasteiger partial charge in [0.25, 0.3) is 0 Å². The number of carbonyl (C=O) groups is 2. The Morgan fingerprint density at radius 3 is 2.62 bits per heavy atom. The quantitative estimate of drug-likeness (QED) is 0.448. The second-order valence-electron chi connectivity index (χ2n) is 6.45. The van der Waals surface area contributed by atoms with Gasteiger partial charge in [0, 0.05) is 18.3 Å². The van der Waals surface area contributed by atoms with Gasteiger partial charge in [-0.05, 0) is 38.1 Å². The molecule has 0 aliphatic rings. The molecule has 3 rings (SSSR count). The number of ketones is 1. The van der Waals surface area contributed by atoms with Crippen LogP contribution in [0.5, 0.6) is 5.75 Å². The first-order valence-corrected chi connectivity index (χ1v) is 10.1. The minimum Gasteiger partial charge on any atom is -0.483 e. The first kappa shape index (κ1) is 20.6. The average molecular weight is 410 g/mol. The number of carbonyl (C=O) groups excluding carboxylic acids is 2. The van der Waals surface area contributed by atoms with Crippen LogP contribution in [0.4, 0.5) is 5.69 Å². The predicted octanol–water partition coefficient (Wildman–Crippen LogP) is 3.89. The van der Waals surface area contributed by atoms with Crippen molar-refractivity contribution in [3.63, 3.8) is 0 Å². The van der Waals surface area contributed by atoms with Crippen LogP contribution in [0.15, 0.2) is 59.8 Å². The second kappa shape index (κ2) is 9.38. The van der Waals surface area contributed by atoms with E-state index in [1.807, 2.05) is 48.9 Å². The molecule has 1 atom stereocenters. The standard InChI is InChI=1S/C21H22N4O3S/c1-14(26)16-8-7-9-17(12-16)22-19(27)13-29-21-24-23-20(25(21)3)15(2)28-18-10-5-4-6-11-18/h4-12,15H,13H2,1-3H3,(H,22,27)/t15-/m0/s1. The zero-order chi connectivity index (χ0) is 20.8. The molecule has 0 unspecified atom stereocenters. The summed E-state index contributed by atoms with van der Waals surface area (Å²) in [5.41, 5.74) is 1.15. The smallest absolute Gasteiger partial charge is 0.234 e. The molecule has 1 heterocycles. The summed E-state index contributed by atoms with van der Waals surface area (Å²) in [5, 5.41) is 11.8. The molecule has 0 bridgehead atoms. The van der Waals surface area contributed by atoms with E-state index in [4.69, 9.17) is 4.74 Å². The van der Waals surface area contributed by atoms with Crippen molar-refractivity contribution in [3.8, 4) is 5.75 Å². The van der Waals surface area contributed by atoms with Crippen LogP contribution in [0.2, 0.25) is 0 Å². The summed E-state index contributed by atoms with van der Waals surface area (Å²) in [7, 11) is 1.84. The van der Waals surface area contributed by atoms with Crippen molar-refractivity contribution in [1.82, 2.24) is 14.8 Å². The van der Waals surface area contributed by atoms with Crippen molar-refractivity contribution < 1.29 is 14.3 Å². The number of amides is 1. The van der Waals surface area contributed by atoms with Gasteiger partial charge in [0.05, 0.1) is 5.75 Å². The van der Waals surface area contributed by atoms with Crippen molar-refractivity contribution in [1.29, 1.82) is 0 Å². The van der Waals surface area contributed by atoms with Crippen LogP contribution in [-0.2, 0) is 11.8 Å². The van der Waals surface area contributed by atoms with Crippen molar-refractivity contribution in [2.75, 3.05) is 11.1 Å². The number of Topliss-reactive ketones (excluding diaryl/α,β-unsaturated/α-hetero) is 1. The summed E-state index contributed by atoms with van der Waals surface area (Å²) < 4.78 is 7.71. The number of nitrogens with zero attached hydrogens (tertiary/aromatic N) is 3. The Morgan fingerprint density at radius 2 is 1.90 bits per heavy atom. The van der Waals surface area contributed by atoms with E-state index in [1.54, 1.807) is 24.3 Å². The van der Waals surface area contributed by atoms with Crippen LogP contribution in [-0.4, -0.2) is 32.2 Å². The third kappa shape index (κ3) is 5.45. The molecule has 1 aromatic heterocycles. The van der Waals surface area contributed by atoms with Crippen LogP contribution in [0, 0.1) is 0 Å². The molecule has 29 heavy (non-hydrogen) atoms. The van der Waals surface area contributed by atoms with Crippen LogP contribution >= 0.6 is 11.8 Å². The van der Waals surface area contributed by atoms with Gasteiger partial charge in [-0.2, -0.15) is 0 Å². The minimum atomic E-state index is -0.285. The summed E-state index contributed by atoms with van der Waals surface area (Å²) in [4.78, 5) is 23.7. The van der Waals surface area contributed by atoms with Crippen LogP contribution in [0.1, 0.15) is 36.1 Å². The van der Waals surface area contributed by atoms with Crippen molar-refractivity contribution in [2.24, 2.45) is 7.05 Å². The van der Waals surface area contributed by atoms with E-state index < -0.39 is 0 Å². The number of rotatable bonds is 8. The van der Waals surface area contributed by atoms with Crippen LogP contribution in [0.3, 0.4) is 0 Å². The van der Waals surface area contributed by atoms with Gasteiger partial charge in [-0.3, -0.25) is 9.59 Å². The molecule has 1 N–H and O–H groups in total. The van der Waals surface area contributed by atoms with E-state index >= 15 is 0 Å². The number of benzene rings is 2. The summed E-state index contributed by atoms with van der Waals surface area (Å²) >= 11 is 1.28. The Kier molecular flexibility index (Phi) is 6.66. The fraction of sp³-hybridized carbons (Fsp3) is 0.238. The minimum absolute atomic E-state index is 0.0473. The Balaban J connectivity index is 1.58. The zero-order valence-corrected chi connectivity index (χ0v) is 17.3. The van der Waals surface area contributed by atoms with E-state index in [1.165, 1.54) is 18.7 Å². The molecule has 0 aliphatic carbocycles. The summed E-state index contributed by atoms with van der Waals surface area (Å²) in [5.74, 6) is 1.36. The number of para-hydroxylation sites is 1. The zero-order valence-electron chi connectivity index (χ0n) is 16.5. The molecule has 150 valence electrons. The Morgan fingerprint density at radius 1 is 1.14 bits per heavy atom. The summed E-state index contributed by atoms with van der Waals surface area (Å²) in [6, 6.07) is 16.4. The van der Waals surface area contributed by atoms with E-state index in [0.717, 1.165) is 5.75 Å². The first-order chi connectivity index (χ1) is 13.9. The van der Waals surface area contributed by atoms with Crippen molar-refractivity contribution in [3.05, 3.63) is 66.0 Å². The molecule has 7 nitrogen and oxygen atoms in total. The highest BCUT2D eigenvalue weighted by Crippen LogP contribution is 2.23. The van der Waals surface area contributed by atoms with E-state index in [9.17, 15) is 9.59 Å². The van der Waals surface area contributed by atoms with E-state index in [2.05, 4.69) is 15.5 Å². The van der Waals surface area contributed by atoms with Gasteiger partial charge in [0.2, 0.25) is 5.91 Å². The maximum atomic E-state index is 12.3. The normalized spacial score (nSPS) is 11.7. The number of anilines is 1. The van der Waals surface area contributed by atoms with Gasteiger partial charge in [0.15, 0.2) is 22.9 Å². The lowest BCUT2D eigenvalue weighted by Crippen LogP contribution is -2.15. The Bertz CT molecular complexity index is 1000. The number of hydrogen-bond donors (Lipinski definition) is 1. The van der Waals surface area contributed by atoms with Crippen LogP contribution < -0.4 is 10.1 Å². The molecule has 0 fully saturated rings. The number of nitrogens with one attached hydrogen (secondary N) is 1. The molecule has 1 amide bonds. The maximum Gasteiger partial charge on any atom is 0.234 e. The lowest BCUT2D eigenvalue weighted by Gasteiger charge is -2.14. The molecule has 0 aliphatic heterocycles. The molecule has 0 spiro atoms. The van der Waals surface area contributed by atoms with E-state index in [-0.39, 0.29) is 23.5 Å². The first-order valence-electron chi connectivity index (χ1n) is 9.08. The number of aromatic nitrogens is 3. The number of hydrogen-bond acceptors (Lipinski definition) is 6. The molecule has 2 aromatic carbocycles. The Hall–Kier alpha value is -3.13. The topological polar surface area (TPSA) is 86.1 Å². The van der Waals surface area contributed by atoms with Gasteiger partial charge in [-0.15, -0.1) is 10.2 Å². The summed E-state index contributed by atoms with van der Waals surface area (Å²) in [6.45, 7) is 3.39. The van der Waals surface area contributed by atoms with Gasteiger partial charge >= 0.3 is 0 Å². The van der Waals surface area contributed by atoms with Gasteiger partial charge in [-0.25, -0.2) is 0 Å². The average Bonchev–Trinajstić information content (AvgIpc) is 3.08. The highest BCUT2D eigenvalue weighted by atomic mass is 32.2. The van der Waals surface area contributed by atoms with Gasteiger partial charge < -0.3 is 14.6 Å². The molecule has 3 aromatic rings. The molecule has 0 saturated heterocycles. The largest absolute Gasteiger partial charge is 0.483 e. The highest BCUT2D eigenvalue weighted by molar-refractivity contribution is 7.99. The lowest BCUT2D eigenvalue weighted by atomic mass is 10.1. The van der Waals surface area contributed by atoms with Gasteiger partial charge in [-0.1, -0.05) is 42.1 Å². The third-order valence-corrected chi connectivity index (χ3v) is 5.19. The fourth-order valence-electron chi connectivity index (χ4n) is 2.70. The third-order valence-electron chi connectivity index (χ3n) is 4.17. The molecule has 8 heteroatoms. The fourth-order valence-corrected chi connectivity index (χ4v) is 3.42. The molecular weight excluding hydrogens is 388 g/mol. The monoisotopic (exact) mass is 410 g/mol. The molecular formula is C21H22N4O3S. The SMILES string of the molecule is CC(=O)c1cccc(NC(=O)CSc2nnc([C@H](C)Oc3ccccc3)n2C)c1. The molecule has 0 radical (unpaired) electrons. The van der Waals surface area contributed by atoms with Gasteiger partial charge in [0.1, 0.15) is 5.75 Å². The van der Waals surface area contributed by atoms with Crippen LogP contribution in [0.25, 0.3) is 0 Å². The van der Waals surface area contributed by atoms with E-state index in [0.29, 0.717) is 22.2 Å². The molecule has 0 saturated carbocycles. The van der Waals surface area contributed by atoms with Crippen molar-refractivity contribution >= 4 is 29.1 Å². The van der Waals surface area contributed by atoms with Crippen molar-refractivity contribution in [2.45, 2.75) is 25.1 Å². The highest BCUT2D eigenvalue weighted by Gasteiger charge is 2.18.